The van der Waals surface area contributed by atoms with E-state index in [9.17, 15) is 4.79 Å². The van der Waals surface area contributed by atoms with Crippen molar-refractivity contribution >= 4 is 33.3 Å². The number of nitrogens with zero attached hydrogens (tertiary/aromatic N) is 4. The number of likely N-dealkylation sites (tertiary alicyclic amines) is 1. The number of thiophene rings is 1. The number of nitrogens with two attached hydrogens (primary N) is 1. The van der Waals surface area contributed by atoms with Crippen molar-refractivity contribution in [3.05, 3.63) is 16.3 Å². The summed E-state index contributed by atoms with van der Waals surface area (Å²) in [5, 5.41) is 1.08. The third-order valence-electron chi connectivity index (χ3n) is 6.11. The molecule has 2 aromatic heterocycles. The van der Waals surface area contributed by atoms with Gasteiger partial charge in [-0.05, 0) is 31.2 Å². The second kappa shape index (κ2) is 6.68. The van der Waals surface area contributed by atoms with Crippen LogP contribution in [0.5, 0.6) is 0 Å². The summed E-state index contributed by atoms with van der Waals surface area (Å²) >= 11 is 1.78. The molecular weight excluding hydrogens is 362 g/mol. The summed E-state index contributed by atoms with van der Waals surface area (Å²) in [4.78, 5) is 28.2. The van der Waals surface area contributed by atoms with Crippen LogP contribution < -0.4 is 5.73 Å². The zero-order chi connectivity index (χ0) is 18.5. The summed E-state index contributed by atoms with van der Waals surface area (Å²) in [5.41, 5.74) is 7.71. The number of hydrogen-bond donors (Lipinski definition) is 1. The van der Waals surface area contributed by atoms with Gasteiger partial charge in [0.05, 0.1) is 37.1 Å². The molecule has 27 heavy (non-hydrogen) atoms. The molecule has 2 atom stereocenters. The van der Waals surface area contributed by atoms with Crippen molar-refractivity contribution in [3.8, 4) is 0 Å². The maximum atomic E-state index is 12.1. The number of aromatic nitrogens is 2. The van der Waals surface area contributed by atoms with Crippen molar-refractivity contribution in [2.24, 2.45) is 0 Å². The van der Waals surface area contributed by atoms with E-state index in [0.717, 1.165) is 42.0 Å². The fourth-order valence-corrected chi connectivity index (χ4v) is 5.95. The Morgan fingerprint density at radius 3 is 2.96 bits per heavy atom. The molecule has 0 aromatic carbocycles. The number of anilines is 1. The average molecular weight is 388 g/mol. The number of hydrogen-bond acceptors (Lipinski definition) is 7. The zero-order valence-corrected chi connectivity index (χ0v) is 16.4. The van der Waals surface area contributed by atoms with Crippen LogP contribution in [-0.4, -0.2) is 64.6 Å². The van der Waals surface area contributed by atoms with E-state index in [2.05, 4.69) is 9.88 Å². The Kier molecular flexibility index (Phi) is 4.29. The Hall–Kier alpha value is -1.77. The third kappa shape index (κ3) is 2.99. The molecule has 3 aliphatic rings. The molecule has 1 aliphatic carbocycles. The number of carbonyl (C=O) groups is 1. The summed E-state index contributed by atoms with van der Waals surface area (Å²) in [6.07, 6.45) is 5.25. The highest BCUT2D eigenvalue weighted by molar-refractivity contribution is 7.19. The summed E-state index contributed by atoms with van der Waals surface area (Å²) in [7, 11) is 1.88. The van der Waals surface area contributed by atoms with Gasteiger partial charge >= 0.3 is 0 Å². The van der Waals surface area contributed by atoms with Gasteiger partial charge in [0.1, 0.15) is 16.5 Å². The lowest BCUT2D eigenvalue weighted by Crippen LogP contribution is -2.42. The molecule has 7 nitrogen and oxygen atoms in total. The van der Waals surface area contributed by atoms with Crippen LogP contribution in [0.2, 0.25) is 0 Å². The van der Waals surface area contributed by atoms with Crippen LogP contribution in [0.4, 0.5) is 5.82 Å². The van der Waals surface area contributed by atoms with E-state index in [1.807, 2.05) is 11.9 Å². The largest absolute Gasteiger partial charge is 0.383 e. The highest BCUT2D eigenvalue weighted by Crippen LogP contribution is 2.37. The van der Waals surface area contributed by atoms with Gasteiger partial charge in [-0.3, -0.25) is 9.69 Å². The van der Waals surface area contributed by atoms with E-state index in [1.54, 1.807) is 11.3 Å². The van der Waals surface area contributed by atoms with E-state index in [4.69, 9.17) is 15.5 Å². The van der Waals surface area contributed by atoms with Crippen LogP contribution >= 0.6 is 11.3 Å². The molecule has 0 spiro atoms. The fourth-order valence-electron chi connectivity index (χ4n) is 4.66. The number of carbonyl (C=O) groups excluding carboxylic acids is 1. The molecule has 0 saturated carbocycles. The quantitative estimate of drug-likeness (QED) is 0.842. The molecule has 8 heteroatoms. The lowest BCUT2D eigenvalue weighted by atomic mass is 9.97. The van der Waals surface area contributed by atoms with Gasteiger partial charge in [-0.25, -0.2) is 9.97 Å². The topological polar surface area (TPSA) is 84.6 Å². The van der Waals surface area contributed by atoms with Crippen LogP contribution in [-0.2, 0) is 28.9 Å². The standard InChI is InChI=1S/C19H25N5O2S/c1-23-12-8-24(9-13(12)26-7-6-16(23)25)10-15-21-18(20)17-11-4-2-3-5-14(11)27-19(17)22-15/h12-13H,2-10H2,1H3,(H2,20,21,22)/t12-,13-/m0/s1. The highest BCUT2D eigenvalue weighted by atomic mass is 32.1. The molecule has 5 rings (SSSR count). The Morgan fingerprint density at radius 2 is 2.07 bits per heavy atom. The number of nitrogen functional groups attached to an aromatic ring is 1. The predicted molar refractivity (Wildman–Crippen MR) is 105 cm³/mol. The Labute approximate surface area is 162 Å². The Bertz CT molecular complexity index is 898. The van der Waals surface area contributed by atoms with Gasteiger partial charge in [0.25, 0.3) is 0 Å². The van der Waals surface area contributed by atoms with Gasteiger partial charge in [0.15, 0.2) is 0 Å². The van der Waals surface area contributed by atoms with Crippen LogP contribution in [0.1, 0.15) is 35.5 Å². The maximum absolute atomic E-state index is 12.1. The van der Waals surface area contributed by atoms with Crippen molar-refractivity contribution in [3.63, 3.8) is 0 Å². The minimum atomic E-state index is 0.0663. The zero-order valence-electron chi connectivity index (χ0n) is 15.6. The third-order valence-corrected chi connectivity index (χ3v) is 7.29. The Balaban J connectivity index is 1.38. The van der Waals surface area contributed by atoms with Crippen molar-refractivity contribution in [2.45, 2.75) is 50.8 Å². The summed E-state index contributed by atoms with van der Waals surface area (Å²) in [6, 6.07) is 0.107. The lowest BCUT2D eigenvalue weighted by Gasteiger charge is -2.25. The molecule has 2 saturated heterocycles. The predicted octanol–water partition coefficient (Wildman–Crippen LogP) is 1.58. The number of fused-ring (bicyclic) bond motifs is 4. The van der Waals surface area contributed by atoms with Crippen LogP contribution in [0.15, 0.2) is 0 Å². The molecule has 1 amide bonds. The summed E-state index contributed by atoms with van der Waals surface area (Å²) in [5.74, 6) is 1.55. The normalized spacial score (nSPS) is 26.3. The number of ether oxygens (including phenoxy) is 1. The fraction of sp³-hybridized carbons (Fsp3) is 0.632. The highest BCUT2D eigenvalue weighted by Gasteiger charge is 2.40. The monoisotopic (exact) mass is 387 g/mol. The number of likely N-dealkylation sites (N-methyl/N-ethyl adjacent to an activating group) is 1. The molecule has 0 radical (unpaired) electrons. The van der Waals surface area contributed by atoms with Crippen molar-refractivity contribution in [1.29, 1.82) is 0 Å². The molecule has 4 heterocycles. The van der Waals surface area contributed by atoms with Crippen LogP contribution in [0, 0.1) is 0 Å². The van der Waals surface area contributed by atoms with Crippen molar-refractivity contribution in [2.75, 3.05) is 32.5 Å². The second-order valence-electron chi connectivity index (χ2n) is 7.84. The first-order valence-electron chi connectivity index (χ1n) is 9.76. The molecule has 0 unspecified atom stereocenters. The summed E-state index contributed by atoms with van der Waals surface area (Å²) < 4.78 is 5.92. The number of amides is 1. The molecule has 2 aromatic rings. The first kappa shape index (κ1) is 17.3. The van der Waals surface area contributed by atoms with Crippen molar-refractivity contribution < 1.29 is 9.53 Å². The maximum Gasteiger partial charge on any atom is 0.225 e. The van der Waals surface area contributed by atoms with E-state index in [1.165, 1.54) is 23.3 Å². The molecular formula is C19H25N5O2S. The van der Waals surface area contributed by atoms with Gasteiger partial charge in [0, 0.05) is 25.0 Å². The molecule has 2 aliphatic heterocycles. The second-order valence-corrected chi connectivity index (χ2v) is 8.93. The van der Waals surface area contributed by atoms with E-state index in [-0.39, 0.29) is 18.1 Å². The van der Waals surface area contributed by atoms with Gasteiger partial charge in [-0.1, -0.05) is 0 Å². The minimum absolute atomic E-state index is 0.0663. The van der Waals surface area contributed by atoms with Crippen LogP contribution in [0.3, 0.4) is 0 Å². The number of rotatable bonds is 2. The smallest absolute Gasteiger partial charge is 0.225 e. The van der Waals surface area contributed by atoms with Gasteiger partial charge in [-0.15, -0.1) is 11.3 Å². The first-order valence-corrected chi connectivity index (χ1v) is 10.6. The Morgan fingerprint density at radius 1 is 1.22 bits per heavy atom. The van der Waals surface area contributed by atoms with E-state index < -0.39 is 0 Å². The van der Waals surface area contributed by atoms with Crippen molar-refractivity contribution in [1.82, 2.24) is 19.8 Å². The van der Waals surface area contributed by atoms with E-state index in [0.29, 0.717) is 25.4 Å². The number of aryl methyl sites for hydroxylation is 2. The molecule has 2 fully saturated rings. The first-order chi connectivity index (χ1) is 13.1. The van der Waals surface area contributed by atoms with Gasteiger partial charge in [0.2, 0.25) is 5.91 Å². The van der Waals surface area contributed by atoms with E-state index >= 15 is 0 Å². The minimum Gasteiger partial charge on any atom is -0.383 e. The summed E-state index contributed by atoms with van der Waals surface area (Å²) in [6.45, 7) is 2.73. The average Bonchev–Trinajstić information content (AvgIpc) is 3.18. The van der Waals surface area contributed by atoms with Gasteiger partial charge in [-0.2, -0.15) is 0 Å². The van der Waals surface area contributed by atoms with Crippen LogP contribution in [0.25, 0.3) is 10.2 Å². The SMILES string of the molecule is CN1C(=O)CCO[C@H]2CN(Cc3nc(N)c4c5c(sc4n3)CCCC5)C[C@@H]21. The lowest BCUT2D eigenvalue weighted by molar-refractivity contribution is -0.131. The van der Waals surface area contributed by atoms with Gasteiger partial charge < -0.3 is 15.4 Å². The molecule has 144 valence electrons. The molecule has 0 bridgehead atoms. The molecule has 2 N–H and O–H groups in total.